The van der Waals surface area contributed by atoms with Crippen molar-refractivity contribution < 1.29 is 23.8 Å². The van der Waals surface area contributed by atoms with Crippen LogP contribution in [0.2, 0.25) is 0 Å². The van der Waals surface area contributed by atoms with Crippen LogP contribution in [0.5, 0.6) is 17.2 Å². The van der Waals surface area contributed by atoms with Crippen LogP contribution in [0.25, 0.3) is 22.3 Å². The second-order valence-corrected chi connectivity index (χ2v) is 8.47. The number of aromatic nitrogens is 3. The molecule has 0 bridgehead atoms. The second-order valence-electron chi connectivity index (χ2n) is 8.47. The zero-order chi connectivity index (χ0) is 25.2. The van der Waals surface area contributed by atoms with Gasteiger partial charge >= 0.3 is 0 Å². The van der Waals surface area contributed by atoms with E-state index >= 15 is 0 Å². The predicted molar refractivity (Wildman–Crippen MR) is 132 cm³/mol. The Kier molecular flexibility index (Phi) is 6.16. The number of benzene rings is 2. The minimum Gasteiger partial charge on any atom is -0.497 e. The molecule has 2 amide bonds. The predicted octanol–water partition coefficient (Wildman–Crippen LogP) is 3.53. The highest BCUT2D eigenvalue weighted by atomic mass is 16.6. The van der Waals surface area contributed by atoms with Gasteiger partial charge in [0, 0.05) is 17.2 Å². The fraction of sp³-hybridized carbons (Fsp3) is 0.231. The van der Waals surface area contributed by atoms with Crippen molar-refractivity contribution in [2.45, 2.75) is 19.9 Å². The number of hydrazine groups is 1. The van der Waals surface area contributed by atoms with Crippen molar-refractivity contribution in [2.75, 3.05) is 20.3 Å². The molecule has 2 aromatic carbocycles. The lowest BCUT2D eigenvalue weighted by molar-refractivity contribution is 0.0847. The van der Waals surface area contributed by atoms with Crippen molar-refractivity contribution in [3.05, 3.63) is 65.9 Å². The van der Waals surface area contributed by atoms with Gasteiger partial charge in [0.2, 0.25) is 0 Å². The summed E-state index contributed by atoms with van der Waals surface area (Å²) >= 11 is 0. The molecular weight excluding hydrogens is 462 g/mol. The lowest BCUT2D eigenvalue weighted by atomic mass is 10.1. The van der Waals surface area contributed by atoms with E-state index in [1.165, 1.54) is 0 Å². The summed E-state index contributed by atoms with van der Waals surface area (Å²) in [4.78, 5) is 30.6. The number of carbonyl (C=O) groups is 2. The van der Waals surface area contributed by atoms with Crippen molar-refractivity contribution in [3.63, 3.8) is 0 Å². The minimum absolute atomic E-state index is 0.0243. The van der Waals surface area contributed by atoms with Gasteiger partial charge in [-0.05, 0) is 62.4 Å². The Morgan fingerprint density at radius 1 is 0.972 bits per heavy atom. The van der Waals surface area contributed by atoms with Crippen LogP contribution in [0, 0.1) is 0 Å². The number of methoxy groups -OCH3 is 1. The number of hydrogen-bond donors (Lipinski definition) is 2. The summed E-state index contributed by atoms with van der Waals surface area (Å²) in [6.45, 7) is 4.93. The van der Waals surface area contributed by atoms with Gasteiger partial charge in [0.15, 0.2) is 17.1 Å². The summed E-state index contributed by atoms with van der Waals surface area (Å²) in [5, 5.41) is 5.00. The fourth-order valence-corrected chi connectivity index (χ4v) is 3.93. The molecule has 1 aliphatic heterocycles. The lowest BCUT2D eigenvalue weighted by Gasteiger charge is -2.19. The normalized spacial score (nSPS) is 12.4. The average molecular weight is 488 g/mol. The van der Waals surface area contributed by atoms with E-state index in [0.717, 1.165) is 5.56 Å². The first-order valence-corrected chi connectivity index (χ1v) is 11.5. The number of carbonyl (C=O) groups excluding carboxylic acids is 2. The maximum Gasteiger partial charge on any atom is 0.270 e. The molecule has 0 fully saturated rings. The average Bonchev–Trinajstić information content (AvgIpc) is 3.35. The van der Waals surface area contributed by atoms with Gasteiger partial charge < -0.3 is 14.2 Å². The third-order valence-corrected chi connectivity index (χ3v) is 5.78. The van der Waals surface area contributed by atoms with Crippen LogP contribution in [0.4, 0.5) is 0 Å². The molecule has 0 spiro atoms. The van der Waals surface area contributed by atoms with E-state index in [1.54, 1.807) is 48.3 Å². The van der Waals surface area contributed by atoms with Gasteiger partial charge in [-0.2, -0.15) is 5.10 Å². The van der Waals surface area contributed by atoms with E-state index in [0.29, 0.717) is 58.3 Å². The van der Waals surface area contributed by atoms with Crippen molar-refractivity contribution in [1.29, 1.82) is 0 Å². The molecule has 2 N–H and O–H groups in total. The number of fused-ring (bicyclic) bond motifs is 2. The molecule has 0 atom stereocenters. The lowest BCUT2D eigenvalue weighted by Crippen LogP contribution is -2.41. The number of amides is 2. The van der Waals surface area contributed by atoms with E-state index in [9.17, 15) is 9.59 Å². The Hall–Kier alpha value is -4.60. The van der Waals surface area contributed by atoms with Gasteiger partial charge in [-0.1, -0.05) is 0 Å². The molecule has 5 rings (SSSR count). The van der Waals surface area contributed by atoms with E-state index in [4.69, 9.17) is 19.2 Å². The number of nitrogens with one attached hydrogen (secondary N) is 2. The fourth-order valence-electron chi connectivity index (χ4n) is 3.93. The molecule has 2 aromatic heterocycles. The topological polar surface area (TPSA) is 117 Å². The van der Waals surface area contributed by atoms with Crippen LogP contribution in [0.15, 0.2) is 54.7 Å². The molecular formula is C26H25N5O5. The number of rotatable bonds is 5. The first kappa shape index (κ1) is 23.2. The second kappa shape index (κ2) is 9.57. The number of hydrogen-bond acceptors (Lipinski definition) is 7. The van der Waals surface area contributed by atoms with Gasteiger partial charge in [0.25, 0.3) is 11.8 Å². The number of nitrogens with zero attached hydrogens (tertiary/aromatic N) is 3. The standard InChI is InChI=1S/C26H25N5O5/c1-15(2)31-24-20(14-27-31)19(26(33)30-29-25(32)16-4-7-18(34-3)8-5-16)13-21(28-24)17-6-9-22-23(12-17)36-11-10-35-22/h4-9,12-15H,10-11H2,1-3H3,(H,29,32)(H,30,33). The summed E-state index contributed by atoms with van der Waals surface area (Å²) in [5.74, 6) is 0.962. The molecule has 36 heavy (non-hydrogen) atoms. The summed E-state index contributed by atoms with van der Waals surface area (Å²) < 4.78 is 18.2. The molecule has 10 nitrogen and oxygen atoms in total. The maximum absolute atomic E-state index is 13.2. The largest absolute Gasteiger partial charge is 0.497 e. The molecule has 3 heterocycles. The number of pyridine rings is 1. The molecule has 0 unspecified atom stereocenters. The summed E-state index contributed by atoms with van der Waals surface area (Å²) in [7, 11) is 1.55. The van der Waals surface area contributed by atoms with E-state index in [1.807, 2.05) is 32.0 Å². The van der Waals surface area contributed by atoms with Crippen LogP contribution < -0.4 is 25.1 Å². The highest BCUT2D eigenvalue weighted by Gasteiger charge is 2.20. The van der Waals surface area contributed by atoms with Gasteiger partial charge in [0.05, 0.1) is 30.0 Å². The molecule has 184 valence electrons. The van der Waals surface area contributed by atoms with E-state index in [-0.39, 0.29) is 6.04 Å². The Morgan fingerprint density at radius 2 is 1.69 bits per heavy atom. The van der Waals surface area contributed by atoms with E-state index in [2.05, 4.69) is 16.0 Å². The SMILES string of the molecule is COc1ccc(C(=O)NNC(=O)c2cc(-c3ccc4c(c3)OCCO4)nc3c2cnn3C(C)C)cc1. The van der Waals surface area contributed by atoms with Crippen LogP contribution in [0.1, 0.15) is 40.6 Å². The third-order valence-electron chi connectivity index (χ3n) is 5.78. The molecule has 0 saturated carbocycles. The first-order chi connectivity index (χ1) is 17.4. The van der Waals surface area contributed by atoms with Crippen LogP contribution in [-0.2, 0) is 0 Å². The van der Waals surface area contributed by atoms with Gasteiger partial charge in [0.1, 0.15) is 19.0 Å². The third kappa shape index (κ3) is 4.40. The summed E-state index contributed by atoms with van der Waals surface area (Å²) in [5.41, 5.74) is 7.55. The van der Waals surface area contributed by atoms with Crippen molar-refractivity contribution in [3.8, 4) is 28.5 Å². The molecule has 0 aliphatic carbocycles. The molecule has 10 heteroatoms. The van der Waals surface area contributed by atoms with Gasteiger partial charge in [-0.25, -0.2) is 9.67 Å². The van der Waals surface area contributed by atoms with E-state index < -0.39 is 11.8 Å². The Labute approximate surface area is 207 Å². The molecule has 0 saturated heterocycles. The Balaban J connectivity index is 1.47. The minimum atomic E-state index is -0.494. The van der Waals surface area contributed by atoms with Crippen LogP contribution >= 0.6 is 0 Å². The molecule has 1 aliphatic rings. The first-order valence-electron chi connectivity index (χ1n) is 11.5. The van der Waals surface area contributed by atoms with Crippen molar-refractivity contribution in [2.24, 2.45) is 0 Å². The molecule has 0 radical (unpaired) electrons. The maximum atomic E-state index is 13.2. The zero-order valence-electron chi connectivity index (χ0n) is 20.1. The smallest absolute Gasteiger partial charge is 0.270 e. The number of ether oxygens (including phenoxy) is 3. The van der Waals surface area contributed by atoms with Crippen molar-refractivity contribution in [1.82, 2.24) is 25.6 Å². The van der Waals surface area contributed by atoms with Crippen LogP contribution in [-0.4, -0.2) is 46.9 Å². The summed E-state index contributed by atoms with van der Waals surface area (Å²) in [6.07, 6.45) is 1.61. The van der Waals surface area contributed by atoms with Gasteiger partial charge in [-0.3, -0.25) is 20.4 Å². The van der Waals surface area contributed by atoms with Crippen LogP contribution in [0.3, 0.4) is 0 Å². The quantitative estimate of drug-likeness (QED) is 0.414. The van der Waals surface area contributed by atoms with Gasteiger partial charge in [-0.15, -0.1) is 0 Å². The highest BCUT2D eigenvalue weighted by molar-refractivity contribution is 6.07. The Bertz CT molecular complexity index is 1450. The summed E-state index contributed by atoms with van der Waals surface area (Å²) in [6, 6.07) is 13.8. The van der Waals surface area contributed by atoms with Crippen molar-refractivity contribution >= 4 is 22.8 Å². The highest BCUT2D eigenvalue weighted by Crippen LogP contribution is 2.35. The zero-order valence-corrected chi connectivity index (χ0v) is 20.1. The Morgan fingerprint density at radius 3 is 2.42 bits per heavy atom. The molecule has 4 aromatic rings. The monoisotopic (exact) mass is 487 g/mol.